The van der Waals surface area contributed by atoms with Crippen molar-refractivity contribution in [3.63, 3.8) is 0 Å². The maximum atomic E-state index is 8.36. The first-order valence-corrected chi connectivity index (χ1v) is 16.1. The number of nitrogens with zero attached hydrogens (tertiary/aromatic N) is 4. The summed E-state index contributed by atoms with van der Waals surface area (Å²) in [6, 6.07) is 49.6. The van der Waals surface area contributed by atoms with E-state index < -0.39 is 0 Å². The van der Waals surface area contributed by atoms with Gasteiger partial charge in [0.05, 0.1) is 46.6 Å². The molecule has 10 rings (SSSR count). The molecular formula is C44H24N4O. The average Bonchev–Trinajstić information content (AvgIpc) is 3.80. The summed E-state index contributed by atoms with van der Waals surface area (Å²) in [7, 11) is 0. The van der Waals surface area contributed by atoms with Crippen molar-refractivity contribution in [3.8, 4) is 22.5 Å². The highest BCUT2D eigenvalue weighted by Crippen LogP contribution is 2.46. The second kappa shape index (κ2) is 10.2. The summed E-state index contributed by atoms with van der Waals surface area (Å²) in [6.07, 6.45) is 0. The SMILES string of the molecule is [C-]#[N+]c1cc([N+]#[C-])c(-n2c3ccccc3c3ccccc32)c(-c2ccccc2-n2c3ccccc3c3cc4c(cc32)oc2ccccc24)c1. The zero-order valence-electron chi connectivity index (χ0n) is 26.1. The Morgan fingerprint density at radius 1 is 0.429 bits per heavy atom. The van der Waals surface area contributed by atoms with Gasteiger partial charge in [-0.2, -0.15) is 0 Å². The molecule has 5 heteroatoms. The molecule has 7 aromatic carbocycles. The number of aromatic nitrogens is 2. The molecule has 0 bridgehead atoms. The molecule has 0 saturated carbocycles. The fourth-order valence-corrected chi connectivity index (χ4v) is 7.70. The third kappa shape index (κ3) is 3.79. The minimum absolute atomic E-state index is 0.423. The second-order valence-corrected chi connectivity index (χ2v) is 12.3. The van der Waals surface area contributed by atoms with Gasteiger partial charge in [-0.1, -0.05) is 91.0 Å². The molecule has 226 valence electrons. The quantitative estimate of drug-likeness (QED) is 0.180. The Morgan fingerprint density at radius 3 is 1.71 bits per heavy atom. The van der Waals surface area contributed by atoms with E-state index in [1.807, 2.05) is 48.5 Å². The van der Waals surface area contributed by atoms with Gasteiger partial charge in [-0.05, 0) is 54.1 Å². The van der Waals surface area contributed by atoms with Crippen molar-refractivity contribution in [2.24, 2.45) is 0 Å². The normalized spacial score (nSPS) is 11.6. The lowest BCUT2D eigenvalue weighted by atomic mass is 9.98. The average molecular weight is 625 g/mol. The molecule has 10 aromatic rings. The Labute approximate surface area is 280 Å². The summed E-state index contributed by atoms with van der Waals surface area (Å²) in [5.41, 5.74) is 10.1. The Kier molecular flexibility index (Phi) is 5.64. The van der Waals surface area contributed by atoms with Crippen LogP contribution in [0.2, 0.25) is 0 Å². The summed E-state index contributed by atoms with van der Waals surface area (Å²) < 4.78 is 10.9. The van der Waals surface area contributed by atoms with Crippen molar-refractivity contribution in [1.29, 1.82) is 0 Å². The van der Waals surface area contributed by atoms with E-state index >= 15 is 0 Å². The van der Waals surface area contributed by atoms with Crippen molar-refractivity contribution in [1.82, 2.24) is 9.13 Å². The lowest BCUT2D eigenvalue weighted by Gasteiger charge is -2.20. The Bertz CT molecular complexity index is 3030. The van der Waals surface area contributed by atoms with Gasteiger partial charge in [0.15, 0.2) is 5.69 Å². The van der Waals surface area contributed by atoms with Crippen LogP contribution in [0.1, 0.15) is 0 Å². The number of rotatable bonds is 3. The van der Waals surface area contributed by atoms with E-state index in [2.05, 4.69) is 110 Å². The van der Waals surface area contributed by atoms with Crippen LogP contribution in [-0.4, -0.2) is 9.13 Å². The molecule has 5 nitrogen and oxygen atoms in total. The molecule has 0 unspecified atom stereocenters. The van der Waals surface area contributed by atoms with E-state index in [1.165, 1.54) is 0 Å². The number of furan rings is 1. The number of benzene rings is 7. The van der Waals surface area contributed by atoms with Gasteiger partial charge in [-0.3, -0.25) is 0 Å². The molecule has 0 fully saturated rings. The van der Waals surface area contributed by atoms with Crippen LogP contribution in [0.3, 0.4) is 0 Å². The molecule has 0 radical (unpaired) electrons. The predicted molar refractivity (Wildman–Crippen MR) is 200 cm³/mol. The van der Waals surface area contributed by atoms with E-state index in [0.29, 0.717) is 11.4 Å². The topological polar surface area (TPSA) is 31.7 Å². The van der Waals surface area contributed by atoms with Crippen LogP contribution in [0.4, 0.5) is 11.4 Å². The molecule has 0 amide bonds. The highest BCUT2D eigenvalue weighted by molar-refractivity contribution is 6.18. The predicted octanol–water partition coefficient (Wildman–Crippen LogP) is 12.5. The van der Waals surface area contributed by atoms with Crippen LogP contribution in [0, 0.1) is 13.1 Å². The number of fused-ring (bicyclic) bond motifs is 9. The van der Waals surface area contributed by atoms with Crippen molar-refractivity contribution in [3.05, 3.63) is 168 Å². The summed E-state index contributed by atoms with van der Waals surface area (Å²) in [5, 5.41) is 6.66. The Hall–Kier alpha value is -7.08. The summed E-state index contributed by atoms with van der Waals surface area (Å²) >= 11 is 0. The van der Waals surface area contributed by atoms with Crippen LogP contribution in [0.25, 0.3) is 97.7 Å². The third-order valence-corrected chi connectivity index (χ3v) is 9.73. The Morgan fingerprint density at radius 2 is 1.02 bits per heavy atom. The van der Waals surface area contributed by atoms with Crippen molar-refractivity contribution in [2.45, 2.75) is 0 Å². The van der Waals surface area contributed by atoms with Gasteiger partial charge in [0.2, 0.25) is 5.69 Å². The van der Waals surface area contributed by atoms with Crippen LogP contribution >= 0.6 is 0 Å². The van der Waals surface area contributed by atoms with Gasteiger partial charge in [0, 0.05) is 43.9 Å². The zero-order chi connectivity index (χ0) is 32.6. The third-order valence-electron chi connectivity index (χ3n) is 9.73. The van der Waals surface area contributed by atoms with Crippen LogP contribution in [-0.2, 0) is 0 Å². The summed E-state index contributed by atoms with van der Waals surface area (Å²) in [4.78, 5) is 7.89. The first kappa shape index (κ1) is 27.1. The second-order valence-electron chi connectivity index (χ2n) is 12.3. The van der Waals surface area contributed by atoms with E-state index in [9.17, 15) is 0 Å². The fourth-order valence-electron chi connectivity index (χ4n) is 7.70. The van der Waals surface area contributed by atoms with Crippen LogP contribution in [0.5, 0.6) is 0 Å². The van der Waals surface area contributed by atoms with E-state index in [1.54, 1.807) is 6.07 Å². The highest BCUT2D eigenvalue weighted by Gasteiger charge is 2.23. The molecular weight excluding hydrogens is 601 g/mol. The van der Waals surface area contributed by atoms with Crippen LogP contribution in [0.15, 0.2) is 150 Å². The van der Waals surface area contributed by atoms with Gasteiger partial charge in [0.1, 0.15) is 11.2 Å². The van der Waals surface area contributed by atoms with Gasteiger partial charge < -0.3 is 13.6 Å². The zero-order valence-corrected chi connectivity index (χ0v) is 26.1. The molecule has 0 spiro atoms. The standard InChI is InChI=1S/C44H24N4O/c1-45-27-23-35(44(36(24-27)46-2)48-39-20-10-3-13-28(39)29-14-4-11-21-40(29)48)31-16-6-9-19-38(31)47-37-18-8-5-15-30(37)33-25-34-32-17-7-12-22-42(32)49-43(34)26-41(33)47/h3-26H. The Balaban J connectivity index is 1.34. The first-order chi connectivity index (χ1) is 24.2. The van der Waals surface area contributed by atoms with E-state index in [4.69, 9.17) is 17.6 Å². The molecule has 3 heterocycles. The summed E-state index contributed by atoms with van der Waals surface area (Å²) in [6.45, 7) is 16.4. The number of para-hydroxylation sites is 5. The van der Waals surface area contributed by atoms with Crippen molar-refractivity contribution in [2.75, 3.05) is 0 Å². The van der Waals surface area contributed by atoms with Crippen LogP contribution < -0.4 is 0 Å². The molecule has 0 aliphatic rings. The highest BCUT2D eigenvalue weighted by atomic mass is 16.3. The number of hydrogen-bond donors (Lipinski definition) is 0. The van der Waals surface area contributed by atoms with Gasteiger partial charge in [0.25, 0.3) is 0 Å². The van der Waals surface area contributed by atoms with Gasteiger partial charge >= 0.3 is 0 Å². The van der Waals surface area contributed by atoms with Crippen molar-refractivity contribution < 1.29 is 4.42 Å². The molecule has 0 aliphatic carbocycles. The lowest BCUT2D eigenvalue weighted by molar-refractivity contribution is 0.669. The number of hydrogen-bond acceptors (Lipinski definition) is 1. The smallest absolute Gasteiger partial charge is 0.201 e. The summed E-state index contributed by atoms with van der Waals surface area (Å²) in [5.74, 6) is 0. The minimum atomic E-state index is 0.423. The maximum Gasteiger partial charge on any atom is 0.201 e. The monoisotopic (exact) mass is 624 g/mol. The van der Waals surface area contributed by atoms with E-state index in [-0.39, 0.29) is 0 Å². The molecule has 3 aromatic heterocycles. The minimum Gasteiger partial charge on any atom is -0.456 e. The molecule has 0 N–H and O–H groups in total. The lowest BCUT2D eigenvalue weighted by Crippen LogP contribution is -2.01. The van der Waals surface area contributed by atoms with Gasteiger partial charge in [-0.15, -0.1) is 0 Å². The first-order valence-electron chi connectivity index (χ1n) is 16.1. The van der Waals surface area contributed by atoms with E-state index in [0.717, 1.165) is 88.1 Å². The van der Waals surface area contributed by atoms with Crippen molar-refractivity contribution >= 4 is 76.9 Å². The maximum absolute atomic E-state index is 8.36. The molecule has 0 aliphatic heterocycles. The largest absolute Gasteiger partial charge is 0.456 e. The van der Waals surface area contributed by atoms with Gasteiger partial charge in [-0.25, -0.2) is 9.69 Å². The molecule has 49 heavy (non-hydrogen) atoms. The molecule has 0 saturated heterocycles. The fraction of sp³-hybridized carbons (Fsp3) is 0. The molecule has 0 atom stereocenters.